The summed E-state index contributed by atoms with van der Waals surface area (Å²) >= 11 is 5.99. The van der Waals surface area contributed by atoms with E-state index in [2.05, 4.69) is 6.92 Å². The maximum atomic E-state index is 12.3. The van der Waals surface area contributed by atoms with Gasteiger partial charge in [-0.3, -0.25) is 0 Å². The number of aliphatic hydroxyl groups is 1. The lowest BCUT2D eigenvalue weighted by Crippen LogP contribution is -2.49. The number of hydrogen-bond acceptors (Lipinski definition) is 3. The van der Waals surface area contributed by atoms with Crippen LogP contribution in [-0.2, 0) is 10.2 Å². The van der Waals surface area contributed by atoms with Gasteiger partial charge in [0.2, 0.25) is 0 Å². The van der Waals surface area contributed by atoms with Crippen LogP contribution in [0.15, 0.2) is 24.3 Å². The van der Waals surface area contributed by atoms with E-state index in [4.69, 9.17) is 16.3 Å². The maximum Gasteiger partial charge on any atom is 0.409 e. The van der Waals surface area contributed by atoms with E-state index < -0.39 is 0 Å². The Balaban J connectivity index is 2.12. The Morgan fingerprint density at radius 2 is 2.13 bits per heavy atom. The second kappa shape index (κ2) is 8.55. The van der Waals surface area contributed by atoms with Crippen LogP contribution in [0.25, 0.3) is 0 Å². The lowest BCUT2D eigenvalue weighted by Gasteiger charge is -2.42. The molecule has 128 valence electrons. The number of likely N-dealkylation sites (tertiary alicyclic amines) is 1. The average molecular weight is 340 g/mol. The second-order valence-corrected chi connectivity index (χ2v) is 6.69. The summed E-state index contributed by atoms with van der Waals surface area (Å²) in [5, 5.41) is 10.2. The summed E-state index contributed by atoms with van der Waals surface area (Å²) in [5.41, 5.74) is 0.906. The monoisotopic (exact) mass is 339 g/mol. The van der Waals surface area contributed by atoms with Gasteiger partial charge in [-0.25, -0.2) is 4.79 Å². The molecule has 0 spiro atoms. The van der Waals surface area contributed by atoms with Crippen LogP contribution in [0.1, 0.15) is 44.6 Å². The first-order valence-corrected chi connectivity index (χ1v) is 8.78. The molecule has 1 N–H and O–H groups in total. The predicted molar refractivity (Wildman–Crippen MR) is 91.9 cm³/mol. The van der Waals surface area contributed by atoms with Crippen molar-refractivity contribution in [2.45, 2.75) is 44.4 Å². The van der Waals surface area contributed by atoms with Crippen molar-refractivity contribution in [1.29, 1.82) is 0 Å². The number of ether oxygens (including phenoxy) is 1. The number of carbonyl (C=O) groups excluding carboxylic acids is 1. The first-order valence-electron chi connectivity index (χ1n) is 8.40. The topological polar surface area (TPSA) is 49.8 Å². The van der Waals surface area contributed by atoms with Gasteiger partial charge in [0.25, 0.3) is 0 Å². The molecule has 1 aliphatic heterocycles. The molecular weight excluding hydrogens is 314 g/mol. The van der Waals surface area contributed by atoms with Crippen LogP contribution in [-0.4, -0.2) is 42.4 Å². The summed E-state index contributed by atoms with van der Waals surface area (Å²) in [4.78, 5) is 14.1. The smallest absolute Gasteiger partial charge is 0.409 e. The van der Waals surface area contributed by atoms with Gasteiger partial charge >= 0.3 is 6.09 Å². The van der Waals surface area contributed by atoms with Gasteiger partial charge in [-0.1, -0.05) is 37.1 Å². The zero-order valence-corrected chi connectivity index (χ0v) is 14.5. The summed E-state index contributed by atoms with van der Waals surface area (Å²) in [6, 6.07) is 7.75. The molecule has 1 aromatic rings. The van der Waals surface area contributed by atoms with E-state index in [-0.39, 0.29) is 18.1 Å². The van der Waals surface area contributed by atoms with Gasteiger partial charge in [0.1, 0.15) is 0 Å². The van der Waals surface area contributed by atoms with Crippen molar-refractivity contribution in [3.8, 4) is 0 Å². The van der Waals surface area contributed by atoms with Crippen molar-refractivity contribution in [2.24, 2.45) is 0 Å². The highest BCUT2D eigenvalue weighted by atomic mass is 35.5. The Labute approximate surface area is 143 Å². The van der Waals surface area contributed by atoms with Crippen LogP contribution in [0, 0.1) is 0 Å². The van der Waals surface area contributed by atoms with Crippen LogP contribution in [0.3, 0.4) is 0 Å². The number of nitrogens with zero attached hydrogens (tertiary/aromatic N) is 1. The van der Waals surface area contributed by atoms with Gasteiger partial charge in [0.05, 0.1) is 6.61 Å². The van der Waals surface area contributed by atoms with Gasteiger partial charge < -0.3 is 14.7 Å². The highest BCUT2D eigenvalue weighted by molar-refractivity contribution is 6.30. The molecule has 5 heteroatoms. The molecule has 1 aromatic carbocycles. The summed E-state index contributed by atoms with van der Waals surface area (Å²) < 4.78 is 5.35. The van der Waals surface area contributed by atoms with Crippen LogP contribution in [0.4, 0.5) is 4.79 Å². The lowest BCUT2D eigenvalue weighted by atomic mass is 9.72. The van der Waals surface area contributed by atoms with Crippen molar-refractivity contribution in [1.82, 2.24) is 4.90 Å². The molecule has 1 saturated heterocycles. The third-order valence-corrected chi connectivity index (χ3v) is 4.86. The van der Waals surface area contributed by atoms with Crippen molar-refractivity contribution in [3.63, 3.8) is 0 Å². The standard InChI is InChI=1S/C18H26ClNO3/c1-2-3-13-23-17(22)20-11-4-9-18(14-20,10-12-21)15-5-7-16(19)8-6-15/h5-8,21H,2-4,9-14H2,1H3. The van der Waals surface area contributed by atoms with Crippen molar-refractivity contribution < 1.29 is 14.6 Å². The Hall–Kier alpha value is -1.26. The molecule has 0 saturated carbocycles. The van der Waals surface area contributed by atoms with Gasteiger partial charge in [0.15, 0.2) is 0 Å². The molecule has 0 aromatic heterocycles. The molecular formula is C18H26ClNO3. The van der Waals surface area contributed by atoms with Gasteiger partial charge in [-0.15, -0.1) is 0 Å². The third-order valence-electron chi connectivity index (χ3n) is 4.61. The molecule has 0 aliphatic carbocycles. The summed E-state index contributed by atoms with van der Waals surface area (Å²) in [6.45, 7) is 3.94. The molecule has 1 amide bonds. The lowest BCUT2D eigenvalue weighted by molar-refractivity contribution is 0.0694. The molecule has 1 heterocycles. The minimum absolute atomic E-state index is 0.0986. The number of hydrogen-bond donors (Lipinski definition) is 1. The Morgan fingerprint density at radius 3 is 2.78 bits per heavy atom. The molecule has 4 nitrogen and oxygen atoms in total. The number of amides is 1. The van der Waals surface area contributed by atoms with Crippen molar-refractivity contribution >= 4 is 17.7 Å². The molecule has 1 fully saturated rings. The maximum absolute atomic E-state index is 12.3. The minimum Gasteiger partial charge on any atom is -0.449 e. The Bertz CT molecular complexity index is 501. The van der Waals surface area contributed by atoms with Crippen molar-refractivity contribution in [2.75, 3.05) is 26.3 Å². The fourth-order valence-electron chi connectivity index (χ4n) is 3.28. The number of carbonyl (C=O) groups is 1. The molecule has 1 unspecified atom stereocenters. The fraction of sp³-hybridized carbons (Fsp3) is 0.611. The fourth-order valence-corrected chi connectivity index (χ4v) is 3.41. The van der Waals surface area contributed by atoms with E-state index in [0.29, 0.717) is 31.1 Å². The summed E-state index contributed by atoms with van der Waals surface area (Å²) in [7, 11) is 0. The van der Waals surface area contributed by atoms with Crippen molar-refractivity contribution in [3.05, 3.63) is 34.9 Å². The number of benzene rings is 1. The van der Waals surface area contributed by atoms with E-state index in [0.717, 1.165) is 31.2 Å². The number of halogens is 1. The van der Waals surface area contributed by atoms with E-state index in [1.165, 1.54) is 0 Å². The highest BCUT2D eigenvalue weighted by Crippen LogP contribution is 2.37. The van der Waals surface area contributed by atoms with Crippen LogP contribution in [0.5, 0.6) is 0 Å². The molecule has 23 heavy (non-hydrogen) atoms. The van der Waals surface area contributed by atoms with Gasteiger partial charge in [-0.2, -0.15) is 0 Å². The van der Waals surface area contributed by atoms with E-state index in [1.807, 2.05) is 24.3 Å². The number of aliphatic hydroxyl groups excluding tert-OH is 1. The molecule has 0 radical (unpaired) electrons. The van der Waals surface area contributed by atoms with Gasteiger partial charge in [0, 0.05) is 30.1 Å². The average Bonchev–Trinajstić information content (AvgIpc) is 2.56. The molecule has 1 atom stereocenters. The molecule has 2 rings (SSSR count). The number of unbranched alkanes of at least 4 members (excludes halogenated alkanes) is 1. The van der Waals surface area contributed by atoms with Crippen LogP contribution in [0.2, 0.25) is 5.02 Å². The minimum atomic E-state index is -0.241. The SMILES string of the molecule is CCCCOC(=O)N1CCCC(CCO)(c2ccc(Cl)cc2)C1. The summed E-state index contributed by atoms with van der Waals surface area (Å²) in [5.74, 6) is 0. The van der Waals surface area contributed by atoms with Gasteiger partial charge in [-0.05, 0) is 43.4 Å². The van der Waals surface area contributed by atoms with E-state index >= 15 is 0 Å². The second-order valence-electron chi connectivity index (χ2n) is 6.25. The molecule has 1 aliphatic rings. The normalized spacial score (nSPS) is 21.3. The Kier molecular flexibility index (Phi) is 6.72. The molecule has 0 bridgehead atoms. The zero-order valence-electron chi connectivity index (χ0n) is 13.8. The zero-order chi connectivity index (χ0) is 16.7. The first-order chi connectivity index (χ1) is 11.1. The first kappa shape index (κ1) is 18.1. The number of piperidine rings is 1. The quantitative estimate of drug-likeness (QED) is 0.797. The van der Waals surface area contributed by atoms with E-state index in [1.54, 1.807) is 4.90 Å². The van der Waals surface area contributed by atoms with E-state index in [9.17, 15) is 9.90 Å². The highest BCUT2D eigenvalue weighted by Gasteiger charge is 2.38. The number of rotatable bonds is 6. The van der Waals surface area contributed by atoms with Crippen LogP contribution < -0.4 is 0 Å². The largest absolute Gasteiger partial charge is 0.449 e. The predicted octanol–water partition coefficient (Wildman–Crippen LogP) is 3.99. The summed E-state index contributed by atoms with van der Waals surface area (Å²) in [6.07, 6.45) is 4.15. The third kappa shape index (κ3) is 4.61. The van der Waals surface area contributed by atoms with Crippen LogP contribution >= 0.6 is 11.6 Å². The Morgan fingerprint density at radius 1 is 1.39 bits per heavy atom.